The SMILES string of the molecule is Cc1cnc(CCNS(=O)(=O)c2cccc3nsnc23)n1Cc1ccc(F)cc1. The molecule has 2 aromatic carbocycles. The van der Waals surface area contributed by atoms with Gasteiger partial charge in [-0.2, -0.15) is 8.75 Å². The molecule has 150 valence electrons. The molecule has 0 spiro atoms. The van der Waals surface area contributed by atoms with Gasteiger partial charge in [-0.15, -0.1) is 0 Å². The van der Waals surface area contributed by atoms with E-state index in [9.17, 15) is 12.8 Å². The van der Waals surface area contributed by atoms with Crippen LogP contribution in [-0.4, -0.2) is 33.3 Å². The Kier molecular flexibility index (Phi) is 5.39. The summed E-state index contributed by atoms with van der Waals surface area (Å²) in [5, 5.41) is 0. The fraction of sp³-hybridized carbons (Fsp3) is 0.211. The second kappa shape index (κ2) is 7.97. The summed E-state index contributed by atoms with van der Waals surface area (Å²) in [6, 6.07) is 11.2. The Morgan fingerprint density at radius 3 is 2.72 bits per heavy atom. The van der Waals surface area contributed by atoms with Gasteiger partial charge in [-0.3, -0.25) is 0 Å². The van der Waals surface area contributed by atoms with Crippen LogP contribution in [0.4, 0.5) is 4.39 Å². The maximum atomic E-state index is 13.1. The van der Waals surface area contributed by atoms with Crippen molar-refractivity contribution in [2.45, 2.75) is 24.8 Å². The van der Waals surface area contributed by atoms with Crippen LogP contribution in [0.1, 0.15) is 17.1 Å². The van der Waals surface area contributed by atoms with Crippen molar-refractivity contribution in [2.24, 2.45) is 0 Å². The number of nitrogens with one attached hydrogen (secondary N) is 1. The molecule has 0 amide bonds. The zero-order valence-electron chi connectivity index (χ0n) is 15.5. The summed E-state index contributed by atoms with van der Waals surface area (Å²) in [6.45, 7) is 2.66. The van der Waals surface area contributed by atoms with Crippen molar-refractivity contribution in [2.75, 3.05) is 6.54 Å². The van der Waals surface area contributed by atoms with Crippen LogP contribution < -0.4 is 4.72 Å². The molecule has 0 saturated heterocycles. The topological polar surface area (TPSA) is 89.8 Å². The lowest BCUT2D eigenvalue weighted by Gasteiger charge is -2.11. The molecule has 1 N–H and O–H groups in total. The van der Waals surface area contributed by atoms with Crippen molar-refractivity contribution in [3.8, 4) is 0 Å². The molecular weight excluding hydrogens is 413 g/mol. The highest BCUT2D eigenvalue weighted by molar-refractivity contribution is 7.89. The number of imidazole rings is 1. The fourth-order valence-corrected chi connectivity index (χ4v) is 4.87. The highest BCUT2D eigenvalue weighted by Crippen LogP contribution is 2.21. The smallest absolute Gasteiger partial charge is 0.242 e. The number of halogens is 1. The van der Waals surface area contributed by atoms with Crippen LogP contribution in [0.25, 0.3) is 11.0 Å². The van der Waals surface area contributed by atoms with Crippen molar-refractivity contribution >= 4 is 32.8 Å². The molecule has 0 aliphatic heterocycles. The van der Waals surface area contributed by atoms with Crippen molar-refractivity contribution < 1.29 is 12.8 Å². The van der Waals surface area contributed by atoms with Gasteiger partial charge in [0.2, 0.25) is 10.0 Å². The van der Waals surface area contributed by atoms with Gasteiger partial charge in [-0.05, 0) is 36.8 Å². The number of hydrogen-bond acceptors (Lipinski definition) is 6. The first-order chi connectivity index (χ1) is 13.9. The maximum Gasteiger partial charge on any atom is 0.242 e. The van der Waals surface area contributed by atoms with Crippen molar-refractivity contribution in [3.63, 3.8) is 0 Å². The lowest BCUT2D eigenvalue weighted by atomic mass is 10.2. The van der Waals surface area contributed by atoms with E-state index >= 15 is 0 Å². The summed E-state index contributed by atoms with van der Waals surface area (Å²) in [5.74, 6) is 0.471. The lowest BCUT2D eigenvalue weighted by molar-refractivity contribution is 0.580. The van der Waals surface area contributed by atoms with E-state index in [4.69, 9.17) is 0 Å². The molecule has 0 bridgehead atoms. The van der Waals surface area contributed by atoms with Crippen LogP contribution in [0.3, 0.4) is 0 Å². The second-order valence-electron chi connectivity index (χ2n) is 6.56. The van der Waals surface area contributed by atoms with Gasteiger partial charge in [0.1, 0.15) is 27.6 Å². The highest BCUT2D eigenvalue weighted by atomic mass is 32.2. The molecule has 0 fully saturated rings. The summed E-state index contributed by atoms with van der Waals surface area (Å²) in [7, 11) is -3.72. The van der Waals surface area contributed by atoms with E-state index < -0.39 is 10.0 Å². The molecule has 0 atom stereocenters. The zero-order valence-corrected chi connectivity index (χ0v) is 17.2. The third-order valence-electron chi connectivity index (χ3n) is 4.57. The molecule has 0 saturated carbocycles. The third kappa shape index (κ3) is 4.19. The van der Waals surface area contributed by atoms with Crippen molar-refractivity contribution in [3.05, 3.63) is 71.6 Å². The molecule has 4 rings (SSSR count). The first kappa shape index (κ1) is 19.6. The Hall–Kier alpha value is -2.69. The second-order valence-corrected chi connectivity index (χ2v) is 8.83. The minimum atomic E-state index is -3.72. The quantitative estimate of drug-likeness (QED) is 0.486. The zero-order chi connectivity index (χ0) is 20.4. The third-order valence-corrected chi connectivity index (χ3v) is 6.61. The van der Waals surface area contributed by atoms with Crippen molar-refractivity contribution in [1.82, 2.24) is 23.0 Å². The number of benzene rings is 2. The summed E-state index contributed by atoms with van der Waals surface area (Å²) in [4.78, 5) is 4.52. The maximum absolute atomic E-state index is 13.1. The van der Waals surface area contributed by atoms with Gasteiger partial charge in [0.15, 0.2) is 0 Å². The lowest BCUT2D eigenvalue weighted by Crippen LogP contribution is -2.27. The summed E-state index contributed by atoms with van der Waals surface area (Å²) < 4.78 is 51.3. The average Bonchev–Trinajstić information content (AvgIpc) is 3.31. The first-order valence-corrected chi connectivity index (χ1v) is 11.1. The van der Waals surface area contributed by atoms with Gasteiger partial charge < -0.3 is 4.57 Å². The molecule has 0 radical (unpaired) electrons. The Morgan fingerprint density at radius 1 is 1.14 bits per heavy atom. The predicted octanol–water partition coefficient (Wildman–Crippen LogP) is 2.90. The number of sulfonamides is 1. The van der Waals surface area contributed by atoms with Crippen LogP contribution in [0.2, 0.25) is 0 Å². The van der Waals surface area contributed by atoms with Gasteiger partial charge in [0, 0.05) is 31.4 Å². The standard InChI is InChI=1S/C19H18FN5O2S2/c1-13-11-21-18(25(13)12-14-5-7-15(20)8-6-14)9-10-22-29(26,27)17-4-2-3-16-19(17)24-28-23-16/h2-8,11,22H,9-10,12H2,1H3. The molecule has 2 aromatic heterocycles. The molecule has 10 heteroatoms. The summed E-state index contributed by atoms with van der Waals surface area (Å²) >= 11 is 0.981. The summed E-state index contributed by atoms with van der Waals surface area (Å²) in [5.41, 5.74) is 2.82. The van der Waals surface area contributed by atoms with Crippen LogP contribution in [0.15, 0.2) is 53.6 Å². The van der Waals surface area contributed by atoms with E-state index in [-0.39, 0.29) is 17.3 Å². The molecule has 2 heterocycles. The van der Waals surface area contributed by atoms with Gasteiger partial charge >= 0.3 is 0 Å². The molecule has 7 nitrogen and oxygen atoms in total. The Morgan fingerprint density at radius 2 is 1.93 bits per heavy atom. The molecular formula is C19H18FN5O2S2. The van der Waals surface area contributed by atoms with E-state index in [0.29, 0.717) is 24.0 Å². The Balaban J connectivity index is 1.47. The number of hydrogen-bond donors (Lipinski definition) is 1. The van der Waals surface area contributed by atoms with Gasteiger partial charge in [-0.1, -0.05) is 18.2 Å². The largest absolute Gasteiger partial charge is 0.328 e. The van der Waals surface area contributed by atoms with E-state index in [1.54, 1.807) is 30.5 Å². The van der Waals surface area contributed by atoms with Crippen LogP contribution in [0.5, 0.6) is 0 Å². The van der Waals surface area contributed by atoms with Gasteiger partial charge in [-0.25, -0.2) is 22.5 Å². The average molecular weight is 432 g/mol. The number of fused-ring (bicyclic) bond motifs is 1. The Bertz CT molecular complexity index is 1250. The summed E-state index contributed by atoms with van der Waals surface area (Å²) in [6.07, 6.45) is 2.16. The van der Waals surface area contributed by atoms with Gasteiger partial charge in [0.25, 0.3) is 0 Å². The minimum Gasteiger partial charge on any atom is -0.328 e. The number of aryl methyl sites for hydroxylation is 1. The van der Waals surface area contributed by atoms with Crippen LogP contribution >= 0.6 is 11.7 Å². The minimum absolute atomic E-state index is 0.120. The molecule has 0 aliphatic rings. The van der Waals surface area contributed by atoms with E-state index in [0.717, 1.165) is 28.8 Å². The molecule has 0 aliphatic carbocycles. The molecule has 0 unspecified atom stereocenters. The molecule has 4 aromatic rings. The monoisotopic (exact) mass is 431 g/mol. The highest BCUT2D eigenvalue weighted by Gasteiger charge is 2.19. The van der Waals surface area contributed by atoms with E-state index in [2.05, 4.69) is 18.5 Å². The number of rotatable bonds is 7. The van der Waals surface area contributed by atoms with E-state index in [1.165, 1.54) is 18.2 Å². The van der Waals surface area contributed by atoms with Crippen LogP contribution in [0, 0.1) is 12.7 Å². The Labute approximate surface area is 171 Å². The number of nitrogens with zero attached hydrogens (tertiary/aromatic N) is 4. The fourth-order valence-electron chi connectivity index (χ4n) is 3.07. The van der Waals surface area contributed by atoms with Crippen LogP contribution in [-0.2, 0) is 23.0 Å². The first-order valence-electron chi connectivity index (χ1n) is 8.90. The number of aromatic nitrogens is 4. The normalized spacial score (nSPS) is 11.9. The molecule has 29 heavy (non-hydrogen) atoms. The van der Waals surface area contributed by atoms with E-state index in [1.807, 2.05) is 11.5 Å². The van der Waals surface area contributed by atoms with Gasteiger partial charge in [0.05, 0.1) is 11.7 Å². The van der Waals surface area contributed by atoms with Crippen molar-refractivity contribution in [1.29, 1.82) is 0 Å². The predicted molar refractivity (Wildman–Crippen MR) is 109 cm³/mol.